The van der Waals surface area contributed by atoms with Gasteiger partial charge in [0, 0.05) is 20.1 Å². The number of likely N-dealkylation sites (tertiary alicyclic amines) is 1. The number of nitrogens with one attached hydrogen (secondary N) is 1. The first-order chi connectivity index (χ1) is 13.3. The van der Waals surface area contributed by atoms with Crippen molar-refractivity contribution >= 4 is 33.2 Å². The van der Waals surface area contributed by atoms with Crippen molar-refractivity contribution in [1.29, 1.82) is 0 Å². The third-order valence-electron chi connectivity index (χ3n) is 4.78. The molecule has 1 heterocycles. The fourth-order valence-electron chi connectivity index (χ4n) is 3.18. The predicted molar refractivity (Wildman–Crippen MR) is 109 cm³/mol. The Morgan fingerprint density at radius 1 is 0.964 bits per heavy atom. The molecule has 8 heteroatoms. The van der Waals surface area contributed by atoms with E-state index in [2.05, 4.69) is 5.32 Å². The average molecular weight is 401 g/mol. The summed E-state index contributed by atoms with van der Waals surface area (Å²) in [5.41, 5.74) is 1.30. The van der Waals surface area contributed by atoms with Gasteiger partial charge in [0.15, 0.2) is 0 Å². The van der Waals surface area contributed by atoms with Crippen molar-refractivity contribution in [2.75, 3.05) is 36.0 Å². The lowest BCUT2D eigenvalue weighted by molar-refractivity contribution is 0.0794. The molecule has 0 aliphatic carbocycles. The van der Waals surface area contributed by atoms with Crippen LogP contribution in [0.15, 0.2) is 48.5 Å². The van der Waals surface area contributed by atoms with Gasteiger partial charge in [-0.3, -0.25) is 13.9 Å². The number of sulfonamides is 1. The van der Waals surface area contributed by atoms with E-state index in [1.165, 1.54) is 7.05 Å². The summed E-state index contributed by atoms with van der Waals surface area (Å²) in [7, 11) is -2.13. The average Bonchev–Trinajstić information content (AvgIpc) is 3.21. The second-order valence-corrected chi connectivity index (χ2v) is 8.76. The highest BCUT2D eigenvalue weighted by Gasteiger charge is 2.24. The number of hydrogen-bond acceptors (Lipinski definition) is 4. The molecule has 2 aromatic carbocycles. The van der Waals surface area contributed by atoms with E-state index in [1.54, 1.807) is 53.4 Å². The molecule has 0 saturated carbocycles. The van der Waals surface area contributed by atoms with Crippen LogP contribution in [-0.4, -0.2) is 51.5 Å². The zero-order valence-electron chi connectivity index (χ0n) is 15.9. The molecular weight excluding hydrogens is 378 g/mol. The van der Waals surface area contributed by atoms with Crippen LogP contribution in [0.25, 0.3) is 0 Å². The number of nitrogens with zero attached hydrogens (tertiary/aromatic N) is 2. The van der Waals surface area contributed by atoms with E-state index >= 15 is 0 Å². The highest BCUT2D eigenvalue weighted by atomic mass is 32.2. The lowest BCUT2D eigenvalue weighted by Crippen LogP contribution is -2.29. The van der Waals surface area contributed by atoms with E-state index in [4.69, 9.17) is 0 Å². The molecule has 1 fully saturated rings. The number of carbonyl (C=O) groups is 2. The molecule has 0 aromatic heterocycles. The van der Waals surface area contributed by atoms with Crippen LogP contribution in [0.4, 0.5) is 11.4 Å². The van der Waals surface area contributed by atoms with Crippen molar-refractivity contribution in [1.82, 2.24) is 4.90 Å². The van der Waals surface area contributed by atoms with Crippen LogP contribution in [0.5, 0.6) is 0 Å². The van der Waals surface area contributed by atoms with Crippen molar-refractivity contribution in [2.24, 2.45) is 0 Å². The molecule has 0 unspecified atom stereocenters. The fraction of sp³-hybridized carbons (Fsp3) is 0.300. The Morgan fingerprint density at radius 2 is 1.54 bits per heavy atom. The van der Waals surface area contributed by atoms with Crippen LogP contribution in [0.1, 0.15) is 33.6 Å². The summed E-state index contributed by atoms with van der Waals surface area (Å²) in [6.45, 7) is 1.42. The second-order valence-electron chi connectivity index (χ2n) is 6.75. The van der Waals surface area contributed by atoms with Gasteiger partial charge < -0.3 is 10.2 Å². The van der Waals surface area contributed by atoms with Crippen LogP contribution in [0.3, 0.4) is 0 Å². The number of para-hydroxylation sites is 2. The van der Waals surface area contributed by atoms with Crippen molar-refractivity contribution in [3.8, 4) is 0 Å². The summed E-state index contributed by atoms with van der Waals surface area (Å²) in [5.74, 6) is -0.595. The van der Waals surface area contributed by atoms with E-state index in [0.29, 0.717) is 24.3 Å². The largest absolute Gasteiger partial charge is 0.339 e. The number of amides is 2. The standard InChI is InChI=1S/C20H23N3O4S/c1-22(28(2,26)27)18-12-6-4-10-16(18)19(24)21-17-11-5-3-9-15(17)20(25)23-13-7-8-14-23/h3-6,9-12H,7-8,13-14H2,1-2H3,(H,21,24). The summed E-state index contributed by atoms with van der Waals surface area (Å²) in [4.78, 5) is 27.5. The number of benzene rings is 2. The zero-order valence-corrected chi connectivity index (χ0v) is 16.7. The van der Waals surface area contributed by atoms with Gasteiger partial charge in [0.05, 0.1) is 28.8 Å². The monoisotopic (exact) mass is 401 g/mol. The smallest absolute Gasteiger partial charge is 0.257 e. The van der Waals surface area contributed by atoms with Crippen LogP contribution in [-0.2, 0) is 10.0 Å². The number of rotatable bonds is 5. The lowest BCUT2D eigenvalue weighted by atomic mass is 10.1. The van der Waals surface area contributed by atoms with Crippen molar-refractivity contribution in [3.05, 3.63) is 59.7 Å². The maximum absolute atomic E-state index is 12.9. The van der Waals surface area contributed by atoms with Gasteiger partial charge in [-0.25, -0.2) is 8.42 Å². The SMILES string of the molecule is CN(c1ccccc1C(=O)Nc1ccccc1C(=O)N1CCCC1)S(C)(=O)=O. The minimum absolute atomic E-state index is 0.116. The molecular formula is C20H23N3O4S. The second kappa shape index (κ2) is 8.02. The molecule has 0 bridgehead atoms. The first kappa shape index (κ1) is 19.9. The van der Waals surface area contributed by atoms with Crippen LogP contribution >= 0.6 is 0 Å². The number of carbonyl (C=O) groups excluding carboxylic acids is 2. The Bertz CT molecular complexity index is 998. The molecule has 3 rings (SSSR count). The summed E-state index contributed by atoms with van der Waals surface area (Å²) in [6, 6.07) is 13.3. The highest BCUT2D eigenvalue weighted by molar-refractivity contribution is 7.92. The minimum Gasteiger partial charge on any atom is -0.339 e. The number of hydrogen-bond donors (Lipinski definition) is 1. The van der Waals surface area contributed by atoms with Crippen molar-refractivity contribution in [2.45, 2.75) is 12.8 Å². The third-order valence-corrected chi connectivity index (χ3v) is 5.98. The van der Waals surface area contributed by atoms with Gasteiger partial charge in [0.25, 0.3) is 11.8 Å². The van der Waals surface area contributed by atoms with Gasteiger partial charge in [0.1, 0.15) is 0 Å². The molecule has 1 aliphatic rings. The fourth-order valence-corrected chi connectivity index (χ4v) is 3.69. The Labute approximate surface area is 165 Å². The predicted octanol–water partition coefficient (Wildman–Crippen LogP) is 2.57. The van der Waals surface area contributed by atoms with Crippen molar-refractivity contribution in [3.63, 3.8) is 0 Å². The topological polar surface area (TPSA) is 86.8 Å². The van der Waals surface area contributed by atoms with Crippen molar-refractivity contribution < 1.29 is 18.0 Å². The molecule has 7 nitrogen and oxygen atoms in total. The maximum atomic E-state index is 12.9. The zero-order chi connectivity index (χ0) is 20.3. The van der Waals surface area contributed by atoms with Gasteiger partial charge in [-0.1, -0.05) is 24.3 Å². The molecule has 0 spiro atoms. The molecule has 0 atom stereocenters. The maximum Gasteiger partial charge on any atom is 0.257 e. The third kappa shape index (κ3) is 4.17. The summed E-state index contributed by atoms with van der Waals surface area (Å²) >= 11 is 0. The van der Waals surface area contributed by atoms with Crippen LogP contribution in [0.2, 0.25) is 0 Å². The Kier molecular flexibility index (Phi) is 5.69. The van der Waals surface area contributed by atoms with Gasteiger partial charge in [0.2, 0.25) is 10.0 Å². The summed E-state index contributed by atoms with van der Waals surface area (Å²) in [6.07, 6.45) is 3.03. The van der Waals surface area contributed by atoms with Gasteiger partial charge in [-0.05, 0) is 37.1 Å². The highest BCUT2D eigenvalue weighted by Crippen LogP contribution is 2.25. The molecule has 1 N–H and O–H groups in total. The van der Waals surface area contributed by atoms with Gasteiger partial charge in [-0.15, -0.1) is 0 Å². The molecule has 0 radical (unpaired) electrons. The van der Waals surface area contributed by atoms with Gasteiger partial charge in [-0.2, -0.15) is 0 Å². The summed E-state index contributed by atoms with van der Waals surface area (Å²) in [5, 5.41) is 2.77. The molecule has 2 amide bonds. The minimum atomic E-state index is -3.52. The normalized spacial score (nSPS) is 14.0. The van der Waals surface area contributed by atoms with E-state index in [-0.39, 0.29) is 17.2 Å². The van der Waals surface area contributed by atoms with Crippen LogP contribution < -0.4 is 9.62 Å². The molecule has 148 valence electrons. The Hall–Kier alpha value is -2.87. The number of anilines is 2. The van der Waals surface area contributed by atoms with E-state index in [0.717, 1.165) is 23.4 Å². The molecule has 28 heavy (non-hydrogen) atoms. The van der Waals surface area contributed by atoms with Gasteiger partial charge >= 0.3 is 0 Å². The first-order valence-corrected chi connectivity index (χ1v) is 10.9. The Morgan fingerprint density at radius 3 is 2.18 bits per heavy atom. The van der Waals surface area contributed by atoms with E-state index in [1.807, 2.05) is 0 Å². The molecule has 1 saturated heterocycles. The lowest BCUT2D eigenvalue weighted by Gasteiger charge is -2.21. The quantitative estimate of drug-likeness (QED) is 0.834. The van der Waals surface area contributed by atoms with E-state index < -0.39 is 15.9 Å². The first-order valence-electron chi connectivity index (χ1n) is 9.01. The Balaban J connectivity index is 1.90. The molecule has 2 aromatic rings. The molecule has 1 aliphatic heterocycles. The van der Waals surface area contributed by atoms with E-state index in [9.17, 15) is 18.0 Å². The van der Waals surface area contributed by atoms with Crippen LogP contribution in [0, 0.1) is 0 Å². The summed E-state index contributed by atoms with van der Waals surface area (Å²) < 4.78 is 24.9.